The summed E-state index contributed by atoms with van der Waals surface area (Å²) in [7, 11) is 0. The fourth-order valence-corrected chi connectivity index (χ4v) is 2.86. The lowest BCUT2D eigenvalue weighted by molar-refractivity contribution is -0.143. The van der Waals surface area contributed by atoms with E-state index in [0.29, 0.717) is 19.5 Å². The standard InChI is InChI=1S/C15H19N3O2S/c1-2-11-14(19)17-8-9-18(11)15(20)12(13(16)21)10-6-4-3-5-7-10/h3-7,11-12H,2,8-9H2,1H3,(H2,16,21)(H,17,19). The molecule has 0 aliphatic carbocycles. The number of benzene rings is 1. The molecule has 1 aliphatic heterocycles. The van der Waals surface area contributed by atoms with Gasteiger partial charge in [-0.25, -0.2) is 0 Å². The van der Waals surface area contributed by atoms with Crippen molar-refractivity contribution in [1.82, 2.24) is 10.2 Å². The van der Waals surface area contributed by atoms with Crippen molar-refractivity contribution in [3.8, 4) is 0 Å². The van der Waals surface area contributed by atoms with Gasteiger partial charge in [0.2, 0.25) is 11.8 Å². The molecule has 1 saturated heterocycles. The minimum absolute atomic E-state index is 0.119. The van der Waals surface area contributed by atoms with Crippen molar-refractivity contribution >= 4 is 29.0 Å². The number of carbonyl (C=O) groups is 2. The van der Waals surface area contributed by atoms with E-state index in [1.165, 1.54) is 0 Å². The molecule has 0 spiro atoms. The maximum Gasteiger partial charge on any atom is 0.242 e. The maximum atomic E-state index is 12.8. The number of thiocarbonyl (C=S) groups is 1. The molecule has 3 N–H and O–H groups in total. The minimum Gasteiger partial charge on any atom is -0.392 e. The van der Waals surface area contributed by atoms with Crippen LogP contribution in [0.3, 0.4) is 0 Å². The van der Waals surface area contributed by atoms with E-state index in [2.05, 4.69) is 5.32 Å². The van der Waals surface area contributed by atoms with Crippen LogP contribution < -0.4 is 11.1 Å². The molecule has 0 saturated carbocycles. The molecule has 1 heterocycles. The number of hydrogen-bond acceptors (Lipinski definition) is 3. The van der Waals surface area contributed by atoms with E-state index >= 15 is 0 Å². The molecular weight excluding hydrogens is 286 g/mol. The average molecular weight is 305 g/mol. The van der Waals surface area contributed by atoms with E-state index in [9.17, 15) is 9.59 Å². The highest BCUT2D eigenvalue weighted by molar-refractivity contribution is 7.80. The summed E-state index contributed by atoms with van der Waals surface area (Å²) in [5.41, 5.74) is 6.54. The van der Waals surface area contributed by atoms with Gasteiger partial charge < -0.3 is 16.0 Å². The molecule has 112 valence electrons. The summed E-state index contributed by atoms with van der Waals surface area (Å²) in [4.78, 5) is 26.5. The van der Waals surface area contributed by atoms with Gasteiger partial charge in [0.15, 0.2) is 0 Å². The van der Waals surface area contributed by atoms with Gasteiger partial charge in [0.25, 0.3) is 0 Å². The van der Waals surface area contributed by atoms with Crippen molar-refractivity contribution in [3.05, 3.63) is 35.9 Å². The van der Waals surface area contributed by atoms with Crippen molar-refractivity contribution < 1.29 is 9.59 Å². The summed E-state index contributed by atoms with van der Waals surface area (Å²) in [5, 5.41) is 2.78. The molecule has 0 bridgehead atoms. The first-order chi connectivity index (χ1) is 10.1. The third-order valence-corrected chi connectivity index (χ3v) is 3.90. The minimum atomic E-state index is -0.679. The lowest BCUT2D eigenvalue weighted by Gasteiger charge is -2.36. The van der Waals surface area contributed by atoms with Gasteiger partial charge in [-0.1, -0.05) is 49.5 Å². The number of piperazine rings is 1. The highest BCUT2D eigenvalue weighted by Gasteiger charge is 2.36. The van der Waals surface area contributed by atoms with Crippen LogP contribution in [0.2, 0.25) is 0 Å². The lowest BCUT2D eigenvalue weighted by atomic mass is 9.96. The zero-order valence-electron chi connectivity index (χ0n) is 11.9. The van der Waals surface area contributed by atoms with E-state index in [1.807, 2.05) is 37.3 Å². The lowest BCUT2D eigenvalue weighted by Crippen LogP contribution is -2.58. The van der Waals surface area contributed by atoms with Crippen LogP contribution in [0.1, 0.15) is 24.8 Å². The van der Waals surface area contributed by atoms with Crippen molar-refractivity contribution in [2.75, 3.05) is 13.1 Å². The summed E-state index contributed by atoms with van der Waals surface area (Å²) in [6.07, 6.45) is 0.566. The summed E-state index contributed by atoms with van der Waals surface area (Å²) in [5.74, 6) is -0.997. The predicted molar refractivity (Wildman–Crippen MR) is 84.8 cm³/mol. The Labute approximate surface area is 129 Å². The summed E-state index contributed by atoms with van der Waals surface area (Å²) in [6, 6.07) is 8.75. The van der Waals surface area contributed by atoms with Gasteiger partial charge in [0.1, 0.15) is 12.0 Å². The van der Waals surface area contributed by atoms with E-state index in [-0.39, 0.29) is 16.8 Å². The molecule has 1 aliphatic rings. The first kappa shape index (κ1) is 15.4. The Morgan fingerprint density at radius 1 is 1.48 bits per heavy atom. The quantitative estimate of drug-likeness (QED) is 0.807. The van der Waals surface area contributed by atoms with Crippen molar-refractivity contribution in [1.29, 1.82) is 0 Å². The first-order valence-electron chi connectivity index (χ1n) is 6.98. The number of carbonyl (C=O) groups excluding carboxylic acids is 2. The fraction of sp³-hybridized carbons (Fsp3) is 0.400. The number of hydrogen-bond donors (Lipinski definition) is 2. The molecule has 0 aromatic heterocycles. The largest absolute Gasteiger partial charge is 0.392 e. The third kappa shape index (κ3) is 3.21. The molecule has 21 heavy (non-hydrogen) atoms. The van der Waals surface area contributed by atoms with Gasteiger partial charge in [0.05, 0.1) is 4.99 Å². The summed E-state index contributed by atoms with van der Waals surface area (Å²) < 4.78 is 0. The SMILES string of the molecule is CCC1C(=O)NCCN1C(=O)C(C(N)=S)c1ccccc1. The van der Waals surface area contributed by atoms with E-state index in [0.717, 1.165) is 5.56 Å². The van der Waals surface area contributed by atoms with Crippen molar-refractivity contribution in [3.63, 3.8) is 0 Å². The Balaban J connectivity index is 2.30. The molecule has 2 unspecified atom stereocenters. The predicted octanol–water partition coefficient (Wildman–Crippen LogP) is 0.793. The van der Waals surface area contributed by atoms with Crippen LogP contribution in [0.5, 0.6) is 0 Å². The Bertz CT molecular complexity index is 547. The molecule has 1 fully saturated rings. The number of amides is 2. The second-order valence-electron chi connectivity index (χ2n) is 4.99. The number of rotatable bonds is 4. The van der Waals surface area contributed by atoms with Gasteiger partial charge in [-0.2, -0.15) is 0 Å². The number of nitrogens with zero attached hydrogens (tertiary/aromatic N) is 1. The molecule has 2 rings (SSSR count). The Morgan fingerprint density at radius 2 is 2.14 bits per heavy atom. The van der Waals surface area contributed by atoms with Crippen LogP contribution in [0, 0.1) is 0 Å². The fourth-order valence-electron chi connectivity index (χ4n) is 2.62. The first-order valence-corrected chi connectivity index (χ1v) is 7.39. The highest BCUT2D eigenvalue weighted by Crippen LogP contribution is 2.22. The molecule has 2 atom stereocenters. The van der Waals surface area contributed by atoms with Crippen LogP contribution >= 0.6 is 12.2 Å². The molecule has 1 aromatic rings. The van der Waals surface area contributed by atoms with Crippen LogP contribution in [0.4, 0.5) is 0 Å². The normalized spacial score (nSPS) is 19.8. The summed E-state index contributed by atoms with van der Waals surface area (Å²) >= 11 is 5.08. The van der Waals surface area contributed by atoms with Crippen molar-refractivity contribution in [2.24, 2.45) is 5.73 Å². The topological polar surface area (TPSA) is 75.4 Å². The van der Waals surface area contributed by atoms with Crippen LogP contribution in [-0.4, -0.2) is 40.8 Å². The van der Waals surface area contributed by atoms with E-state index in [4.69, 9.17) is 18.0 Å². The third-order valence-electron chi connectivity index (χ3n) is 3.66. The Morgan fingerprint density at radius 3 is 2.71 bits per heavy atom. The monoisotopic (exact) mass is 305 g/mol. The molecule has 2 amide bonds. The van der Waals surface area contributed by atoms with Gasteiger partial charge in [-0.3, -0.25) is 9.59 Å². The highest BCUT2D eigenvalue weighted by atomic mass is 32.1. The molecule has 5 nitrogen and oxygen atoms in total. The maximum absolute atomic E-state index is 12.8. The second kappa shape index (κ2) is 6.67. The van der Waals surface area contributed by atoms with Crippen molar-refractivity contribution in [2.45, 2.75) is 25.3 Å². The molecule has 6 heteroatoms. The van der Waals surface area contributed by atoms with Gasteiger partial charge in [-0.15, -0.1) is 0 Å². The van der Waals surface area contributed by atoms with Gasteiger partial charge in [-0.05, 0) is 12.0 Å². The zero-order chi connectivity index (χ0) is 15.4. The molecular formula is C15H19N3O2S. The van der Waals surface area contributed by atoms with Gasteiger partial charge >= 0.3 is 0 Å². The number of nitrogens with two attached hydrogens (primary N) is 1. The Hall–Kier alpha value is -1.95. The van der Waals surface area contributed by atoms with Crippen LogP contribution in [0.25, 0.3) is 0 Å². The zero-order valence-corrected chi connectivity index (χ0v) is 12.7. The van der Waals surface area contributed by atoms with Crippen LogP contribution in [-0.2, 0) is 9.59 Å². The second-order valence-corrected chi connectivity index (χ2v) is 5.46. The summed E-state index contributed by atoms with van der Waals surface area (Å²) in [6.45, 7) is 2.82. The van der Waals surface area contributed by atoms with Crippen LogP contribution in [0.15, 0.2) is 30.3 Å². The van der Waals surface area contributed by atoms with E-state index in [1.54, 1.807) is 4.90 Å². The van der Waals surface area contributed by atoms with E-state index < -0.39 is 12.0 Å². The number of nitrogens with one attached hydrogen (secondary N) is 1. The smallest absolute Gasteiger partial charge is 0.242 e. The molecule has 0 radical (unpaired) electrons. The van der Waals surface area contributed by atoms with Gasteiger partial charge in [0, 0.05) is 13.1 Å². The average Bonchev–Trinajstić information content (AvgIpc) is 2.47. The molecule has 1 aromatic carbocycles. The Kier molecular flexibility index (Phi) is 4.90.